The SMILES string of the molecule is C=CCn1c(SC(C)C(=O)Nc2ccc(C#N)cc2)nnc1C(C)Oc1ccccc1OC. The van der Waals surface area contributed by atoms with Crippen LogP contribution in [0.3, 0.4) is 0 Å². The first-order chi connectivity index (χ1) is 16.0. The molecule has 2 unspecified atom stereocenters. The molecule has 0 bridgehead atoms. The average molecular weight is 464 g/mol. The second-order valence-electron chi connectivity index (χ2n) is 7.09. The van der Waals surface area contributed by atoms with Crippen molar-refractivity contribution in [1.29, 1.82) is 5.26 Å². The molecule has 0 aliphatic carbocycles. The number of para-hydroxylation sites is 2. The van der Waals surface area contributed by atoms with Crippen molar-refractivity contribution in [2.75, 3.05) is 12.4 Å². The highest BCUT2D eigenvalue weighted by Gasteiger charge is 2.23. The second-order valence-corrected chi connectivity index (χ2v) is 8.40. The van der Waals surface area contributed by atoms with Crippen molar-refractivity contribution >= 4 is 23.4 Å². The minimum absolute atomic E-state index is 0.183. The summed E-state index contributed by atoms with van der Waals surface area (Å²) in [5.74, 6) is 1.66. The number of rotatable bonds is 10. The average Bonchev–Trinajstić information content (AvgIpc) is 3.22. The molecule has 0 radical (unpaired) electrons. The Morgan fingerprint density at radius 2 is 1.91 bits per heavy atom. The predicted molar refractivity (Wildman–Crippen MR) is 127 cm³/mol. The fourth-order valence-corrected chi connectivity index (χ4v) is 3.90. The number of thioether (sulfide) groups is 1. The zero-order valence-electron chi connectivity index (χ0n) is 18.7. The molecule has 1 aromatic heterocycles. The van der Waals surface area contributed by atoms with E-state index in [1.54, 1.807) is 44.4 Å². The highest BCUT2D eigenvalue weighted by Crippen LogP contribution is 2.32. The van der Waals surface area contributed by atoms with Crippen LogP contribution in [0.5, 0.6) is 11.5 Å². The van der Waals surface area contributed by atoms with Crippen molar-refractivity contribution in [3.63, 3.8) is 0 Å². The van der Waals surface area contributed by atoms with E-state index in [2.05, 4.69) is 28.2 Å². The molecule has 2 aromatic carbocycles. The van der Waals surface area contributed by atoms with E-state index in [-0.39, 0.29) is 5.91 Å². The van der Waals surface area contributed by atoms with Gasteiger partial charge < -0.3 is 14.8 Å². The van der Waals surface area contributed by atoms with Gasteiger partial charge in [0.25, 0.3) is 0 Å². The van der Waals surface area contributed by atoms with Crippen LogP contribution in [0.15, 0.2) is 66.3 Å². The molecular weight excluding hydrogens is 438 g/mol. The molecule has 0 spiro atoms. The molecule has 1 N–H and O–H groups in total. The van der Waals surface area contributed by atoms with Crippen molar-refractivity contribution in [2.24, 2.45) is 0 Å². The number of anilines is 1. The van der Waals surface area contributed by atoms with Gasteiger partial charge in [0.1, 0.15) is 0 Å². The third-order valence-corrected chi connectivity index (χ3v) is 5.81. The number of aromatic nitrogens is 3. The monoisotopic (exact) mass is 463 g/mol. The topological polar surface area (TPSA) is 102 Å². The fourth-order valence-electron chi connectivity index (χ4n) is 3.03. The van der Waals surface area contributed by atoms with Crippen LogP contribution in [0.2, 0.25) is 0 Å². The number of hydrogen-bond donors (Lipinski definition) is 1. The number of carbonyl (C=O) groups excluding carboxylic acids is 1. The lowest BCUT2D eigenvalue weighted by atomic mass is 10.2. The summed E-state index contributed by atoms with van der Waals surface area (Å²) in [4.78, 5) is 12.7. The molecule has 3 rings (SSSR count). The van der Waals surface area contributed by atoms with Crippen molar-refractivity contribution in [3.8, 4) is 17.6 Å². The molecule has 0 aliphatic heterocycles. The van der Waals surface area contributed by atoms with Crippen molar-refractivity contribution in [1.82, 2.24) is 14.8 Å². The Morgan fingerprint density at radius 1 is 1.21 bits per heavy atom. The number of ether oxygens (including phenoxy) is 2. The molecule has 33 heavy (non-hydrogen) atoms. The lowest BCUT2D eigenvalue weighted by Crippen LogP contribution is -2.23. The Hall–Kier alpha value is -3.77. The molecule has 9 heteroatoms. The van der Waals surface area contributed by atoms with Crippen molar-refractivity contribution in [3.05, 3.63) is 72.6 Å². The summed E-state index contributed by atoms with van der Waals surface area (Å²) >= 11 is 1.29. The molecule has 2 atom stereocenters. The quantitative estimate of drug-likeness (QED) is 0.346. The molecule has 0 saturated carbocycles. The van der Waals surface area contributed by atoms with Gasteiger partial charge in [-0.05, 0) is 50.2 Å². The molecule has 0 fully saturated rings. The number of nitrogens with zero attached hydrogens (tertiary/aromatic N) is 4. The van der Waals surface area contributed by atoms with Gasteiger partial charge in [0.15, 0.2) is 28.6 Å². The zero-order chi connectivity index (χ0) is 23.8. The summed E-state index contributed by atoms with van der Waals surface area (Å²) in [7, 11) is 1.59. The number of amides is 1. The van der Waals surface area contributed by atoms with E-state index in [9.17, 15) is 4.79 Å². The van der Waals surface area contributed by atoms with Gasteiger partial charge in [-0.1, -0.05) is 30.0 Å². The first kappa shape index (κ1) is 23.9. The highest BCUT2D eigenvalue weighted by atomic mass is 32.2. The largest absolute Gasteiger partial charge is 0.493 e. The van der Waals surface area contributed by atoms with E-state index in [0.29, 0.717) is 40.3 Å². The number of methoxy groups -OCH3 is 1. The third kappa shape index (κ3) is 5.93. The van der Waals surface area contributed by atoms with E-state index in [1.807, 2.05) is 35.8 Å². The van der Waals surface area contributed by atoms with Crippen molar-refractivity contribution < 1.29 is 14.3 Å². The first-order valence-corrected chi connectivity index (χ1v) is 11.2. The standard InChI is InChI=1S/C24H25N5O3S/c1-5-14-29-22(16(2)32-21-9-7-6-8-20(21)31-4)27-28-24(29)33-17(3)23(30)26-19-12-10-18(15-25)11-13-19/h5-13,16-17H,1,14H2,2-4H3,(H,26,30). The third-order valence-electron chi connectivity index (χ3n) is 4.73. The van der Waals surface area contributed by atoms with Crippen LogP contribution >= 0.6 is 11.8 Å². The van der Waals surface area contributed by atoms with Crippen LogP contribution in [-0.4, -0.2) is 33.0 Å². The summed E-state index contributed by atoms with van der Waals surface area (Å²) in [6.45, 7) is 7.97. The number of nitrogens with one attached hydrogen (secondary N) is 1. The number of hydrogen-bond acceptors (Lipinski definition) is 7. The molecule has 0 aliphatic rings. The number of benzene rings is 2. The Morgan fingerprint density at radius 3 is 2.55 bits per heavy atom. The van der Waals surface area contributed by atoms with E-state index < -0.39 is 11.4 Å². The second kappa shape index (κ2) is 11.2. The van der Waals surface area contributed by atoms with Gasteiger partial charge in [0, 0.05) is 12.2 Å². The summed E-state index contributed by atoms with van der Waals surface area (Å²) in [6, 6.07) is 16.2. The van der Waals surface area contributed by atoms with Gasteiger partial charge in [-0.2, -0.15) is 5.26 Å². The van der Waals surface area contributed by atoms with Gasteiger partial charge in [-0.3, -0.25) is 9.36 Å². The van der Waals surface area contributed by atoms with Crippen LogP contribution in [0, 0.1) is 11.3 Å². The van der Waals surface area contributed by atoms with Gasteiger partial charge in [-0.15, -0.1) is 16.8 Å². The Kier molecular flexibility index (Phi) is 8.11. The summed E-state index contributed by atoms with van der Waals surface area (Å²) in [6.07, 6.45) is 1.33. The summed E-state index contributed by atoms with van der Waals surface area (Å²) in [5, 5.41) is 20.5. The Balaban J connectivity index is 1.73. The highest BCUT2D eigenvalue weighted by molar-refractivity contribution is 8.00. The van der Waals surface area contributed by atoms with E-state index in [4.69, 9.17) is 14.7 Å². The van der Waals surface area contributed by atoms with Crippen LogP contribution in [0.4, 0.5) is 5.69 Å². The maximum atomic E-state index is 12.7. The molecule has 8 nitrogen and oxygen atoms in total. The molecular formula is C24H25N5O3S. The lowest BCUT2D eigenvalue weighted by molar-refractivity contribution is -0.115. The van der Waals surface area contributed by atoms with Gasteiger partial charge in [0.05, 0.1) is 24.0 Å². The minimum Gasteiger partial charge on any atom is -0.493 e. The first-order valence-electron chi connectivity index (χ1n) is 10.3. The summed E-state index contributed by atoms with van der Waals surface area (Å²) < 4.78 is 13.3. The van der Waals surface area contributed by atoms with Crippen molar-refractivity contribution in [2.45, 2.75) is 36.9 Å². The fraction of sp³-hybridized carbons (Fsp3) is 0.250. The molecule has 1 heterocycles. The van der Waals surface area contributed by atoms with Gasteiger partial charge in [0.2, 0.25) is 5.91 Å². The number of allylic oxidation sites excluding steroid dienone is 1. The summed E-state index contributed by atoms with van der Waals surface area (Å²) in [5.41, 5.74) is 1.16. The van der Waals surface area contributed by atoms with Crippen LogP contribution < -0.4 is 14.8 Å². The normalized spacial score (nSPS) is 12.3. The van der Waals surface area contributed by atoms with E-state index in [0.717, 1.165) is 0 Å². The van der Waals surface area contributed by atoms with Gasteiger partial charge in [-0.25, -0.2) is 0 Å². The van der Waals surface area contributed by atoms with Crippen LogP contribution in [0.25, 0.3) is 0 Å². The maximum Gasteiger partial charge on any atom is 0.237 e. The maximum absolute atomic E-state index is 12.7. The Labute approximate surface area is 197 Å². The lowest BCUT2D eigenvalue weighted by Gasteiger charge is -2.18. The Bertz CT molecular complexity index is 1150. The molecule has 0 saturated heterocycles. The molecule has 3 aromatic rings. The molecule has 1 amide bonds. The predicted octanol–water partition coefficient (Wildman–Crippen LogP) is 4.60. The van der Waals surface area contributed by atoms with E-state index in [1.165, 1.54) is 11.8 Å². The minimum atomic E-state index is -0.438. The molecule has 170 valence electrons. The van der Waals surface area contributed by atoms with Crippen LogP contribution in [0.1, 0.15) is 31.3 Å². The zero-order valence-corrected chi connectivity index (χ0v) is 19.5. The number of carbonyl (C=O) groups is 1. The smallest absolute Gasteiger partial charge is 0.237 e. The van der Waals surface area contributed by atoms with E-state index >= 15 is 0 Å². The van der Waals surface area contributed by atoms with Gasteiger partial charge >= 0.3 is 0 Å². The van der Waals surface area contributed by atoms with Crippen LogP contribution in [-0.2, 0) is 11.3 Å². The number of nitriles is 1.